The summed E-state index contributed by atoms with van der Waals surface area (Å²) in [5.41, 5.74) is 4.46. The maximum absolute atomic E-state index is 13.1. The molecule has 0 aliphatic carbocycles. The van der Waals surface area contributed by atoms with Gasteiger partial charge in [0, 0.05) is 22.8 Å². The van der Waals surface area contributed by atoms with E-state index in [-0.39, 0.29) is 11.9 Å². The predicted molar refractivity (Wildman–Crippen MR) is 145 cm³/mol. The minimum Gasteiger partial charge on any atom is -0.337 e. The van der Waals surface area contributed by atoms with Crippen LogP contribution in [0.25, 0.3) is 10.1 Å². The van der Waals surface area contributed by atoms with Crippen molar-refractivity contribution in [3.8, 4) is 0 Å². The number of halogens is 1. The van der Waals surface area contributed by atoms with E-state index in [1.54, 1.807) is 11.3 Å². The van der Waals surface area contributed by atoms with Crippen molar-refractivity contribution in [3.63, 3.8) is 0 Å². The van der Waals surface area contributed by atoms with Crippen molar-refractivity contribution in [2.24, 2.45) is 0 Å². The number of hydrogen-bond acceptors (Lipinski definition) is 2. The average Bonchev–Trinajstić information content (AvgIpc) is 3.11. The molecule has 0 aliphatic rings. The van der Waals surface area contributed by atoms with Gasteiger partial charge in [-0.25, -0.2) is 4.79 Å². The number of thiophene rings is 1. The standard InChI is InChI=1S/C28H37ClN2OS/c1-6-7-8-12-20(25-23-13-9-10-16-24(23)33-27(25)29)17-30-28(32)31-26-21(18(2)3)14-11-15-22(26)19(4)5/h9-11,13-16,18-20H,6-8,12,17H2,1-5H3,(H2,30,31,32). The second-order valence-corrected chi connectivity index (χ2v) is 11.1. The monoisotopic (exact) mass is 484 g/mol. The highest BCUT2D eigenvalue weighted by atomic mass is 35.5. The number of anilines is 1. The van der Waals surface area contributed by atoms with Gasteiger partial charge in [-0.15, -0.1) is 11.3 Å². The normalized spacial score (nSPS) is 12.5. The third kappa shape index (κ3) is 6.30. The molecule has 0 aliphatic heterocycles. The van der Waals surface area contributed by atoms with Crippen molar-refractivity contribution in [2.45, 2.75) is 78.1 Å². The number of carbonyl (C=O) groups excluding carboxylic acids is 1. The molecule has 2 aromatic carbocycles. The molecule has 3 nitrogen and oxygen atoms in total. The van der Waals surface area contributed by atoms with Gasteiger partial charge in [-0.3, -0.25) is 0 Å². The van der Waals surface area contributed by atoms with Crippen LogP contribution in [0.5, 0.6) is 0 Å². The first kappa shape index (κ1) is 25.6. The number of benzene rings is 2. The summed E-state index contributed by atoms with van der Waals surface area (Å²) >= 11 is 8.35. The van der Waals surface area contributed by atoms with Gasteiger partial charge in [0.1, 0.15) is 0 Å². The van der Waals surface area contributed by atoms with Gasteiger partial charge in [-0.05, 0) is 46.4 Å². The fraction of sp³-hybridized carbons (Fsp3) is 0.464. The number of rotatable bonds is 10. The van der Waals surface area contributed by atoms with Crippen molar-refractivity contribution >= 4 is 44.7 Å². The first-order valence-electron chi connectivity index (χ1n) is 12.2. The van der Waals surface area contributed by atoms with Crippen molar-refractivity contribution in [1.82, 2.24) is 5.32 Å². The molecule has 0 bridgehead atoms. The maximum atomic E-state index is 13.1. The minimum absolute atomic E-state index is 0.152. The van der Waals surface area contributed by atoms with Gasteiger partial charge in [0.25, 0.3) is 0 Å². The number of fused-ring (bicyclic) bond motifs is 1. The van der Waals surface area contributed by atoms with E-state index in [2.05, 4.69) is 87.7 Å². The number of urea groups is 1. The summed E-state index contributed by atoms with van der Waals surface area (Å²) in [5, 5.41) is 7.56. The second kappa shape index (κ2) is 11.9. The quantitative estimate of drug-likeness (QED) is 0.276. The summed E-state index contributed by atoms with van der Waals surface area (Å²) in [6.07, 6.45) is 4.48. The van der Waals surface area contributed by atoms with Crippen molar-refractivity contribution in [3.05, 3.63) is 63.5 Å². The lowest BCUT2D eigenvalue weighted by atomic mass is 9.92. The third-order valence-corrected chi connectivity index (χ3v) is 7.68. The Morgan fingerprint density at radius 1 is 0.970 bits per heavy atom. The maximum Gasteiger partial charge on any atom is 0.319 e. The topological polar surface area (TPSA) is 41.1 Å². The number of carbonyl (C=O) groups is 1. The first-order chi connectivity index (χ1) is 15.8. The Morgan fingerprint density at radius 3 is 2.27 bits per heavy atom. The molecule has 33 heavy (non-hydrogen) atoms. The summed E-state index contributed by atoms with van der Waals surface area (Å²) in [4.78, 5) is 13.1. The Kier molecular flexibility index (Phi) is 9.22. The van der Waals surface area contributed by atoms with Crippen LogP contribution in [0.2, 0.25) is 4.34 Å². The minimum atomic E-state index is -0.152. The molecule has 2 N–H and O–H groups in total. The predicted octanol–water partition coefficient (Wildman–Crippen LogP) is 9.29. The highest BCUT2D eigenvalue weighted by Crippen LogP contribution is 2.41. The summed E-state index contributed by atoms with van der Waals surface area (Å²) in [6.45, 7) is 11.4. The van der Waals surface area contributed by atoms with Gasteiger partial charge < -0.3 is 10.6 Å². The lowest BCUT2D eigenvalue weighted by Gasteiger charge is -2.22. The fourth-order valence-corrected chi connectivity index (χ4v) is 5.99. The largest absolute Gasteiger partial charge is 0.337 e. The van der Waals surface area contributed by atoms with Crippen LogP contribution in [0.3, 0.4) is 0 Å². The van der Waals surface area contributed by atoms with Gasteiger partial charge in [0.15, 0.2) is 0 Å². The van der Waals surface area contributed by atoms with E-state index >= 15 is 0 Å². The fourth-order valence-electron chi connectivity index (χ4n) is 4.47. The number of para-hydroxylation sites is 1. The highest BCUT2D eigenvalue weighted by Gasteiger charge is 2.22. The lowest BCUT2D eigenvalue weighted by Crippen LogP contribution is -2.33. The van der Waals surface area contributed by atoms with Gasteiger partial charge in [-0.2, -0.15) is 0 Å². The van der Waals surface area contributed by atoms with Crippen LogP contribution in [-0.4, -0.2) is 12.6 Å². The van der Waals surface area contributed by atoms with E-state index in [0.717, 1.165) is 22.9 Å². The van der Waals surface area contributed by atoms with Gasteiger partial charge in [-0.1, -0.05) is 102 Å². The van der Waals surface area contributed by atoms with Crippen LogP contribution in [0.1, 0.15) is 94.7 Å². The molecule has 3 aromatic rings. The van der Waals surface area contributed by atoms with Gasteiger partial charge >= 0.3 is 6.03 Å². The molecule has 1 heterocycles. The molecule has 1 aromatic heterocycles. The molecule has 0 radical (unpaired) electrons. The summed E-state index contributed by atoms with van der Waals surface area (Å²) in [6, 6.07) is 14.5. The molecule has 0 saturated carbocycles. The number of amides is 2. The Bertz CT molecular complexity index is 1050. The van der Waals surface area contributed by atoms with Crippen LogP contribution in [0.15, 0.2) is 42.5 Å². The van der Waals surface area contributed by atoms with Gasteiger partial charge in [0.05, 0.1) is 4.34 Å². The first-order valence-corrected chi connectivity index (χ1v) is 13.4. The molecule has 5 heteroatoms. The Labute approximate surface area is 207 Å². The van der Waals surface area contributed by atoms with E-state index in [9.17, 15) is 4.79 Å². The molecular formula is C28H37ClN2OS. The molecule has 1 unspecified atom stereocenters. The summed E-state index contributed by atoms with van der Waals surface area (Å²) in [7, 11) is 0. The van der Waals surface area contributed by atoms with Crippen LogP contribution in [0, 0.1) is 0 Å². The Balaban J connectivity index is 1.80. The highest BCUT2D eigenvalue weighted by molar-refractivity contribution is 7.23. The van der Waals surface area contributed by atoms with Crippen LogP contribution >= 0.6 is 22.9 Å². The molecule has 2 amide bonds. The van der Waals surface area contributed by atoms with E-state index in [1.165, 1.54) is 39.6 Å². The number of nitrogens with one attached hydrogen (secondary N) is 2. The van der Waals surface area contributed by atoms with Crippen LogP contribution < -0.4 is 10.6 Å². The number of hydrogen-bond donors (Lipinski definition) is 2. The zero-order valence-electron chi connectivity index (χ0n) is 20.5. The zero-order valence-corrected chi connectivity index (χ0v) is 22.1. The smallest absolute Gasteiger partial charge is 0.319 e. The van der Waals surface area contributed by atoms with E-state index in [0.29, 0.717) is 18.4 Å². The Hall–Kier alpha value is -2.04. The lowest BCUT2D eigenvalue weighted by molar-refractivity contribution is 0.251. The van der Waals surface area contributed by atoms with Crippen molar-refractivity contribution in [1.29, 1.82) is 0 Å². The van der Waals surface area contributed by atoms with E-state index < -0.39 is 0 Å². The average molecular weight is 485 g/mol. The van der Waals surface area contributed by atoms with Crippen LogP contribution in [-0.2, 0) is 0 Å². The molecule has 0 spiro atoms. The van der Waals surface area contributed by atoms with E-state index in [1.807, 2.05) is 0 Å². The molecule has 0 saturated heterocycles. The molecular weight excluding hydrogens is 448 g/mol. The Morgan fingerprint density at radius 2 is 1.64 bits per heavy atom. The summed E-state index contributed by atoms with van der Waals surface area (Å²) in [5.74, 6) is 0.851. The van der Waals surface area contributed by atoms with E-state index in [4.69, 9.17) is 11.6 Å². The summed E-state index contributed by atoms with van der Waals surface area (Å²) < 4.78 is 2.04. The molecule has 1 atom stereocenters. The molecule has 0 fully saturated rings. The van der Waals surface area contributed by atoms with Crippen molar-refractivity contribution < 1.29 is 4.79 Å². The SMILES string of the molecule is CCCCCC(CNC(=O)Nc1c(C(C)C)cccc1C(C)C)c1c(Cl)sc2ccccc12. The van der Waals surface area contributed by atoms with Gasteiger partial charge in [0.2, 0.25) is 0 Å². The number of unbranched alkanes of at least 4 members (excludes halogenated alkanes) is 2. The second-order valence-electron chi connectivity index (χ2n) is 9.43. The molecule has 3 rings (SSSR count). The van der Waals surface area contributed by atoms with Crippen molar-refractivity contribution in [2.75, 3.05) is 11.9 Å². The zero-order chi connectivity index (χ0) is 24.0. The third-order valence-electron chi connectivity index (χ3n) is 6.27. The van der Waals surface area contributed by atoms with Crippen LogP contribution in [0.4, 0.5) is 10.5 Å². The molecule has 178 valence electrons.